The minimum atomic E-state index is 0.409. The molecule has 1 aliphatic heterocycles. The van der Waals surface area contributed by atoms with Crippen LogP contribution in [0.4, 0.5) is 0 Å². The van der Waals surface area contributed by atoms with Gasteiger partial charge in [0.25, 0.3) is 0 Å². The fourth-order valence-electron chi connectivity index (χ4n) is 7.78. The third kappa shape index (κ3) is 3.94. The maximum Gasteiger partial charge on any atom is 0.0385 e. The minimum absolute atomic E-state index is 0.409. The zero-order valence-electron chi connectivity index (χ0n) is 25.0. The molecule has 0 saturated carbocycles. The summed E-state index contributed by atoms with van der Waals surface area (Å²) in [7, 11) is 0. The molecule has 0 spiro atoms. The van der Waals surface area contributed by atoms with Crippen LogP contribution in [-0.4, -0.2) is 0 Å². The molecule has 0 radical (unpaired) electrons. The first-order valence-electron chi connectivity index (χ1n) is 15.9. The maximum atomic E-state index is 2.49. The molecule has 1 unspecified atom stereocenters. The molecule has 2 heteroatoms. The molecule has 0 amide bonds. The van der Waals surface area contributed by atoms with Crippen LogP contribution in [0, 0.1) is 0 Å². The van der Waals surface area contributed by atoms with Gasteiger partial charge >= 0.3 is 0 Å². The monoisotopic (exact) mass is 620 g/mol. The van der Waals surface area contributed by atoms with Gasteiger partial charge in [0.15, 0.2) is 0 Å². The van der Waals surface area contributed by atoms with Crippen LogP contribution in [0.25, 0.3) is 74.7 Å². The van der Waals surface area contributed by atoms with Crippen LogP contribution in [0.1, 0.15) is 16.4 Å². The lowest BCUT2D eigenvalue weighted by Crippen LogP contribution is -1.97. The fourth-order valence-corrected chi connectivity index (χ4v) is 10.4. The molecule has 1 aliphatic rings. The Balaban J connectivity index is 1.34. The quantitative estimate of drug-likeness (QED) is 0.177. The normalized spacial score (nSPS) is 14.6. The molecule has 0 fully saturated rings. The molecule has 216 valence electrons. The average Bonchev–Trinajstić information content (AvgIpc) is 3.71. The lowest BCUT2D eigenvalue weighted by atomic mass is 9.82. The van der Waals surface area contributed by atoms with E-state index in [-0.39, 0.29) is 0 Å². The first kappa shape index (κ1) is 26.3. The van der Waals surface area contributed by atoms with Gasteiger partial charge in [-0.1, -0.05) is 133 Å². The van der Waals surface area contributed by atoms with E-state index >= 15 is 0 Å². The molecule has 0 aliphatic carbocycles. The molecule has 1 aromatic heterocycles. The summed E-state index contributed by atoms with van der Waals surface area (Å²) in [5.41, 5.74) is 8.27. The van der Waals surface area contributed by atoms with Gasteiger partial charge in [0.05, 0.1) is 0 Å². The number of benzene rings is 8. The molecule has 1 atom stereocenters. The van der Waals surface area contributed by atoms with Crippen molar-refractivity contribution in [3.63, 3.8) is 0 Å². The van der Waals surface area contributed by atoms with Crippen molar-refractivity contribution in [1.29, 1.82) is 0 Å². The summed E-state index contributed by atoms with van der Waals surface area (Å²) < 4.78 is 2.73. The van der Waals surface area contributed by atoms with Gasteiger partial charge in [-0.3, -0.25) is 0 Å². The molecule has 2 heterocycles. The Labute approximate surface area is 275 Å². The second-order valence-electron chi connectivity index (χ2n) is 12.3. The summed E-state index contributed by atoms with van der Waals surface area (Å²) in [6, 6.07) is 56.4. The Morgan fingerprint density at radius 2 is 1.07 bits per heavy atom. The van der Waals surface area contributed by atoms with E-state index in [0.29, 0.717) is 5.25 Å². The maximum absolute atomic E-state index is 2.49. The van der Waals surface area contributed by atoms with Crippen molar-refractivity contribution < 1.29 is 0 Å². The first-order chi connectivity index (χ1) is 22.8. The van der Waals surface area contributed by atoms with Crippen molar-refractivity contribution in [3.05, 3.63) is 163 Å². The Kier molecular flexibility index (Phi) is 5.91. The minimum Gasteiger partial charge on any atom is -0.135 e. The van der Waals surface area contributed by atoms with Crippen LogP contribution in [0.2, 0.25) is 0 Å². The highest BCUT2D eigenvalue weighted by Crippen LogP contribution is 2.56. The van der Waals surface area contributed by atoms with Crippen molar-refractivity contribution in [2.24, 2.45) is 0 Å². The standard InChI is InChI=1S/C44H28S2/c1-2-13-28(14-3-1)38-25-36-39(46-38)26-40-43(35-20-10-11-21-37(35)45-40)44(36)42-33-18-8-6-16-31(33)41(32-17-7-9-19-34(32)42)30-23-22-27-12-4-5-15-29(27)24-30/h1-24,26,38H,25H2. The van der Waals surface area contributed by atoms with E-state index in [1.165, 1.54) is 90.8 Å². The Morgan fingerprint density at radius 1 is 0.457 bits per heavy atom. The fraction of sp³-hybridized carbons (Fsp3) is 0.0455. The summed E-state index contributed by atoms with van der Waals surface area (Å²) in [5.74, 6) is 0. The Morgan fingerprint density at radius 3 is 1.80 bits per heavy atom. The van der Waals surface area contributed by atoms with Gasteiger partial charge in [0.1, 0.15) is 0 Å². The topological polar surface area (TPSA) is 0 Å². The molecule has 8 aromatic carbocycles. The summed E-state index contributed by atoms with van der Waals surface area (Å²) >= 11 is 3.97. The molecule has 0 bridgehead atoms. The molecule has 0 nitrogen and oxygen atoms in total. The first-order valence-corrected chi connectivity index (χ1v) is 17.6. The third-order valence-corrected chi connectivity index (χ3v) is 12.2. The number of hydrogen-bond donors (Lipinski definition) is 0. The van der Waals surface area contributed by atoms with E-state index in [1.54, 1.807) is 0 Å². The van der Waals surface area contributed by atoms with Gasteiger partial charge in [-0.05, 0) is 90.3 Å². The second-order valence-corrected chi connectivity index (χ2v) is 14.7. The SMILES string of the molecule is c1ccc(C2Cc3c(cc4sc5ccccc5c4c3-c3c4ccccc4c(-c4ccc5ccccc5c4)c4ccccc34)S2)cc1. The van der Waals surface area contributed by atoms with E-state index in [9.17, 15) is 0 Å². The van der Waals surface area contributed by atoms with Gasteiger partial charge in [-0.15, -0.1) is 23.1 Å². The number of rotatable bonds is 3. The summed E-state index contributed by atoms with van der Waals surface area (Å²) in [5, 5.41) is 11.0. The van der Waals surface area contributed by atoms with Gasteiger partial charge in [0, 0.05) is 30.3 Å². The van der Waals surface area contributed by atoms with Gasteiger partial charge in [-0.2, -0.15) is 0 Å². The molecule has 9 aromatic rings. The van der Waals surface area contributed by atoms with Crippen LogP contribution < -0.4 is 0 Å². The molecule has 0 saturated heterocycles. The van der Waals surface area contributed by atoms with Crippen LogP contribution in [0.15, 0.2) is 157 Å². The van der Waals surface area contributed by atoms with E-state index < -0.39 is 0 Å². The predicted octanol–water partition coefficient (Wildman–Crippen LogP) is 13.2. The number of hydrogen-bond acceptors (Lipinski definition) is 2. The van der Waals surface area contributed by atoms with Crippen molar-refractivity contribution >= 4 is 75.6 Å². The molecule has 0 N–H and O–H groups in total. The van der Waals surface area contributed by atoms with Crippen molar-refractivity contribution in [2.75, 3.05) is 0 Å². The molecular weight excluding hydrogens is 593 g/mol. The van der Waals surface area contributed by atoms with Crippen LogP contribution in [0.5, 0.6) is 0 Å². The number of fused-ring (bicyclic) bond motifs is 7. The van der Waals surface area contributed by atoms with Gasteiger partial charge in [-0.25, -0.2) is 0 Å². The van der Waals surface area contributed by atoms with E-state index in [4.69, 9.17) is 0 Å². The smallest absolute Gasteiger partial charge is 0.0385 e. The average molecular weight is 621 g/mol. The zero-order valence-corrected chi connectivity index (χ0v) is 26.7. The van der Waals surface area contributed by atoms with E-state index in [0.717, 1.165) is 6.42 Å². The number of thioether (sulfide) groups is 1. The van der Waals surface area contributed by atoms with E-state index in [1.807, 2.05) is 23.1 Å². The van der Waals surface area contributed by atoms with Crippen molar-refractivity contribution in [1.82, 2.24) is 0 Å². The predicted molar refractivity (Wildman–Crippen MR) is 201 cm³/mol. The van der Waals surface area contributed by atoms with Crippen molar-refractivity contribution in [2.45, 2.75) is 16.6 Å². The molecular formula is C44H28S2. The highest BCUT2D eigenvalue weighted by atomic mass is 32.2. The molecule has 46 heavy (non-hydrogen) atoms. The van der Waals surface area contributed by atoms with E-state index in [2.05, 4.69) is 152 Å². The highest BCUT2D eigenvalue weighted by Gasteiger charge is 2.31. The van der Waals surface area contributed by atoms with Crippen LogP contribution in [0.3, 0.4) is 0 Å². The summed E-state index contributed by atoms with van der Waals surface area (Å²) in [4.78, 5) is 1.43. The van der Waals surface area contributed by atoms with Gasteiger partial charge in [0.2, 0.25) is 0 Å². The van der Waals surface area contributed by atoms with Crippen LogP contribution >= 0.6 is 23.1 Å². The third-order valence-electron chi connectivity index (χ3n) is 9.78. The molecule has 10 rings (SSSR count). The summed E-state index contributed by atoms with van der Waals surface area (Å²) in [6.07, 6.45) is 1.02. The van der Waals surface area contributed by atoms with Crippen molar-refractivity contribution in [3.8, 4) is 22.3 Å². The zero-order chi connectivity index (χ0) is 30.2. The lowest BCUT2D eigenvalue weighted by molar-refractivity contribution is 0.954. The van der Waals surface area contributed by atoms with Crippen LogP contribution in [-0.2, 0) is 6.42 Å². The Hall–Kier alpha value is -4.89. The van der Waals surface area contributed by atoms with Gasteiger partial charge < -0.3 is 0 Å². The number of thiophene rings is 1. The second kappa shape index (κ2) is 10.3. The Bertz CT molecular complexity index is 2590. The summed E-state index contributed by atoms with van der Waals surface area (Å²) in [6.45, 7) is 0. The lowest BCUT2D eigenvalue weighted by Gasteiger charge is -2.20. The highest BCUT2D eigenvalue weighted by molar-refractivity contribution is 8.00. The largest absolute Gasteiger partial charge is 0.135 e.